The molecule has 3 nitrogen and oxygen atoms in total. The van der Waals surface area contributed by atoms with E-state index in [1.54, 1.807) is 17.6 Å². The molecular weight excluding hydrogens is 244 g/mol. The number of furan rings is 1. The summed E-state index contributed by atoms with van der Waals surface area (Å²) in [6.45, 7) is 1.94. The van der Waals surface area contributed by atoms with Crippen LogP contribution in [0.5, 0.6) is 0 Å². The van der Waals surface area contributed by atoms with Crippen LogP contribution in [0.3, 0.4) is 0 Å². The normalized spacial score (nSPS) is 10.7. The number of hydrogen-bond acceptors (Lipinski definition) is 4. The Morgan fingerprint density at radius 3 is 2.89 bits per heavy atom. The second kappa shape index (κ2) is 4.31. The predicted octanol–water partition coefficient (Wildman–Crippen LogP) is 3.96. The average molecular weight is 256 g/mol. The average Bonchev–Trinajstić information content (AvgIpc) is 2.97. The Hall–Kier alpha value is -2.07. The molecule has 0 bridgehead atoms. The standard InChI is InChI=1S/C14H12N2OS/c1-9-12(5-6-17-9)14-16-13(8-18-14)10-3-2-4-11(15)7-10/h2-8H,15H2,1H3. The summed E-state index contributed by atoms with van der Waals surface area (Å²) in [5, 5.41) is 3.01. The van der Waals surface area contributed by atoms with Crippen molar-refractivity contribution in [2.75, 3.05) is 5.73 Å². The van der Waals surface area contributed by atoms with E-state index in [1.165, 1.54) is 0 Å². The van der Waals surface area contributed by atoms with E-state index in [2.05, 4.69) is 4.98 Å². The SMILES string of the molecule is Cc1occc1-c1nc(-c2cccc(N)c2)cs1. The molecule has 0 fully saturated rings. The molecule has 0 atom stereocenters. The molecule has 0 saturated carbocycles. The zero-order valence-electron chi connectivity index (χ0n) is 9.88. The Labute approximate surface area is 109 Å². The number of benzene rings is 1. The van der Waals surface area contributed by atoms with Gasteiger partial charge in [-0.25, -0.2) is 4.98 Å². The summed E-state index contributed by atoms with van der Waals surface area (Å²) in [7, 11) is 0. The summed E-state index contributed by atoms with van der Waals surface area (Å²) in [5.74, 6) is 0.892. The van der Waals surface area contributed by atoms with Gasteiger partial charge in [0.25, 0.3) is 0 Å². The lowest BCUT2D eigenvalue weighted by Crippen LogP contribution is -1.85. The Balaban J connectivity index is 2.02. The molecule has 0 aliphatic heterocycles. The Kier molecular flexibility index (Phi) is 2.64. The number of nitrogens with two attached hydrogens (primary N) is 1. The Morgan fingerprint density at radius 1 is 1.28 bits per heavy atom. The van der Waals surface area contributed by atoms with Gasteiger partial charge in [-0.15, -0.1) is 11.3 Å². The summed E-state index contributed by atoms with van der Waals surface area (Å²) in [6, 6.07) is 9.69. The van der Waals surface area contributed by atoms with Crippen molar-refractivity contribution in [3.05, 3.63) is 47.7 Å². The molecule has 2 heterocycles. The zero-order valence-corrected chi connectivity index (χ0v) is 10.7. The quantitative estimate of drug-likeness (QED) is 0.706. The van der Waals surface area contributed by atoms with E-state index in [9.17, 15) is 0 Å². The first-order valence-electron chi connectivity index (χ1n) is 5.60. The van der Waals surface area contributed by atoms with Gasteiger partial charge in [0.1, 0.15) is 10.8 Å². The molecule has 0 unspecified atom stereocenters. The van der Waals surface area contributed by atoms with E-state index in [0.29, 0.717) is 0 Å². The Morgan fingerprint density at radius 2 is 2.17 bits per heavy atom. The van der Waals surface area contributed by atoms with Gasteiger partial charge >= 0.3 is 0 Å². The van der Waals surface area contributed by atoms with E-state index < -0.39 is 0 Å². The molecule has 0 radical (unpaired) electrons. The number of nitrogen functional groups attached to an aromatic ring is 1. The third-order valence-corrected chi connectivity index (χ3v) is 3.65. The zero-order chi connectivity index (χ0) is 12.5. The highest BCUT2D eigenvalue weighted by Crippen LogP contribution is 2.31. The molecule has 0 aliphatic rings. The van der Waals surface area contributed by atoms with Crippen LogP contribution >= 0.6 is 11.3 Å². The number of anilines is 1. The van der Waals surface area contributed by atoms with Gasteiger partial charge in [-0.3, -0.25) is 0 Å². The summed E-state index contributed by atoms with van der Waals surface area (Å²) < 4.78 is 5.30. The molecule has 90 valence electrons. The largest absolute Gasteiger partial charge is 0.469 e. The van der Waals surface area contributed by atoms with E-state index in [0.717, 1.165) is 33.3 Å². The van der Waals surface area contributed by atoms with Crippen molar-refractivity contribution in [1.82, 2.24) is 4.98 Å². The van der Waals surface area contributed by atoms with E-state index in [1.807, 2.05) is 42.6 Å². The second-order valence-electron chi connectivity index (χ2n) is 4.05. The first-order chi connectivity index (χ1) is 8.74. The molecule has 0 spiro atoms. The van der Waals surface area contributed by atoms with E-state index >= 15 is 0 Å². The van der Waals surface area contributed by atoms with Crippen LogP contribution in [-0.4, -0.2) is 4.98 Å². The smallest absolute Gasteiger partial charge is 0.127 e. The first-order valence-corrected chi connectivity index (χ1v) is 6.48. The lowest BCUT2D eigenvalue weighted by atomic mass is 10.1. The fraction of sp³-hybridized carbons (Fsp3) is 0.0714. The number of aryl methyl sites for hydroxylation is 1. The summed E-state index contributed by atoms with van der Waals surface area (Å²) in [4.78, 5) is 4.63. The number of aromatic nitrogens is 1. The van der Waals surface area contributed by atoms with Gasteiger partial charge in [0.15, 0.2) is 0 Å². The number of nitrogens with zero attached hydrogens (tertiary/aromatic N) is 1. The van der Waals surface area contributed by atoms with Crippen molar-refractivity contribution in [1.29, 1.82) is 0 Å². The molecular formula is C14H12N2OS. The lowest BCUT2D eigenvalue weighted by Gasteiger charge is -1.97. The highest BCUT2D eigenvalue weighted by molar-refractivity contribution is 7.13. The number of rotatable bonds is 2. The third-order valence-electron chi connectivity index (χ3n) is 2.78. The van der Waals surface area contributed by atoms with Gasteiger partial charge in [-0.1, -0.05) is 12.1 Å². The van der Waals surface area contributed by atoms with Crippen LogP contribution < -0.4 is 5.73 Å². The van der Waals surface area contributed by atoms with Gasteiger partial charge in [-0.2, -0.15) is 0 Å². The highest BCUT2D eigenvalue weighted by Gasteiger charge is 2.10. The number of hydrogen-bond donors (Lipinski definition) is 1. The second-order valence-corrected chi connectivity index (χ2v) is 4.91. The summed E-state index contributed by atoms with van der Waals surface area (Å²) in [5.41, 5.74) is 9.57. The minimum atomic E-state index is 0.751. The van der Waals surface area contributed by atoms with Gasteiger partial charge in [-0.05, 0) is 25.1 Å². The van der Waals surface area contributed by atoms with Gasteiger partial charge in [0.2, 0.25) is 0 Å². The van der Waals surface area contributed by atoms with E-state index in [4.69, 9.17) is 10.2 Å². The monoisotopic (exact) mass is 256 g/mol. The minimum absolute atomic E-state index is 0.751. The fourth-order valence-electron chi connectivity index (χ4n) is 1.83. The highest BCUT2D eigenvalue weighted by atomic mass is 32.1. The summed E-state index contributed by atoms with van der Waals surface area (Å²) in [6.07, 6.45) is 1.69. The Bertz CT molecular complexity index is 684. The van der Waals surface area contributed by atoms with Crippen LogP contribution in [-0.2, 0) is 0 Å². The van der Waals surface area contributed by atoms with Gasteiger partial charge < -0.3 is 10.2 Å². The molecule has 3 aromatic rings. The van der Waals surface area contributed by atoms with Crippen LogP contribution in [0.2, 0.25) is 0 Å². The molecule has 2 aromatic heterocycles. The molecule has 4 heteroatoms. The van der Waals surface area contributed by atoms with Crippen molar-refractivity contribution >= 4 is 17.0 Å². The van der Waals surface area contributed by atoms with Crippen LogP contribution in [0.25, 0.3) is 21.8 Å². The van der Waals surface area contributed by atoms with Crippen molar-refractivity contribution in [2.45, 2.75) is 6.92 Å². The van der Waals surface area contributed by atoms with Crippen LogP contribution in [0.1, 0.15) is 5.76 Å². The maximum Gasteiger partial charge on any atom is 0.127 e. The van der Waals surface area contributed by atoms with Crippen LogP contribution in [0, 0.1) is 6.92 Å². The minimum Gasteiger partial charge on any atom is -0.469 e. The third kappa shape index (κ3) is 1.91. The molecule has 0 aliphatic carbocycles. The van der Waals surface area contributed by atoms with Crippen LogP contribution in [0.4, 0.5) is 5.69 Å². The van der Waals surface area contributed by atoms with Crippen LogP contribution in [0.15, 0.2) is 46.4 Å². The predicted molar refractivity (Wildman–Crippen MR) is 74.4 cm³/mol. The van der Waals surface area contributed by atoms with Crippen molar-refractivity contribution in [3.63, 3.8) is 0 Å². The van der Waals surface area contributed by atoms with Gasteiger partial charge in [0, 0.05) is 16.6 Å². The topological polar surface area (TPSA) is 52.0 Å². The summed E-state index contributed by atoms with van der Waals surface area (Å²) >= 11 is 1.61. The van der Waals surface area contributed by atoms with Gasteiger partial charge in [0.05, 0.1) is 17.5 Å². The molecule has 3 rings (SSSR count). The molecule has 1 aromatic carbocycles. The maximum atomic E-state index is 5.78. The number of thiazole rings is 1. The maximum absolute atomic E-state index is 5.78. The van der Waals surface area contributed by atoms with Crippen molar-refractivity contribution < 1.29 is 4.42 Å². The molecule has 18 heavy (non-hydrogen) atoms. The first kappa shape index (κ1) is 11.0. The molecule has 2 N–H and O–H groups in total. The molecule has 0 saturated heterocycles. The van der Waals surface area contributed by atoms with E-state index in [-0.39, 0.29) is 0 Å². The van der Waals surface area contributed by atoms with Crippen molar-refractivity contribution in [2.24, 2.45) is 0 Å². The fourth-order valence-corrected chi connectivity index (χ4v) is 2.74. The molecule has 0 amide bonds. The van der Waals surface area contributed by atoms with Crippen molar-refractivity contribution in [3.8, 4) is 21.8 Å². The lowest BCUT2D eigenvalue weighted by molar-refractivity contribution is 0.535.